The number of cyclic esters (lactones) is 1. The molecule has 4 aromatic carbocycles. The van der Waals surface area contributed by atoms with Crippen LogP contribution in [-0.2, 0) is 54.8 Å². The van der Waals surface area contributed by atoms with E-state index in [0.29, 0.717) is 55.5 Å². The molecule has 6 aliphatic heterocycles. The van der Waals surface area contributed by atoms with Crippen molar-refractivity contribution in [1.29, 1.82) is 0 Å². The zero-order chi connectivity index (χ0) is 73.6. The van der Waals surface area contributed by atoms with Crippen molar-refractivity contribution in [2.75, 3.05) is 66.6 Å². The van der Waals surface area contributed by atoms with E-state index in [1.54, 1.807) is 18.7 Å². The van der Waals surface area contributed by atoms with Crippen LogP contribution in [0.4, 0.5) is 8.78 Å². The number of hydrogen-bond acceptors (Lipinski definition) is 16. The van der Waals surface area contributed by atoms with Gasteiger partial charge in [-0.2, -0.15) is 0 Å². The molecule has 6 aromatic rings. The number of aromatic nitrogens is 1. The molecule has 1 saturated carbocycles. The summed E-state index contributed by atoms with van der Waals surface area (Å²) in [5.74, 6) is -6.09. The lowest BCUT2D eigenvalue weighted by molar-refractivity contribution is -0.322. The van der Waals surface area contributed by atoms with E-state index in [0.717, 1.165) is 77.9 Å². The minimum Gasteiger partial charge on any atom is -0.460 e. The summed E-state index contributed by atoms with van der Waals surface area (Å²) in [6.45, 7) is 18.3. The first-order valence-corrected chi connectivity index (χ1v) is 37.1. The molecule has 0 radical (unpaired) electrons. The van der Waals surface area contributed by atoms with Gasteiger partial charge in [-0.25, -0.2) is 13.6 Å². The van der Waals surface area contributed by atoms with Crippen LogP contribution in [0.15, 0.2) is 136 Å². The Kier molecular flexibility index (Phi) is 19.7. The van der Waals surface area contributed by atoms with E-state index in [2.05, 4.69) is 77.3 Å². The van der Waals surface area contributed by atoms with E-state index in [1.807, 2.05) is 89.3 Å². The fourth-order valence-electron chi connectivity index (χ4n) is 18.4. The molecule has 4 aliphatic carbocycles. The van der Waals surface area contributed by atoms with Crippen LogP contribution in [0.2, 0.25) is 0 Å². The number of H-pyrrole nitrogens is 1. The largest absolute Gasteiger partial charge is 0.460 e. The van der Waals surface area contributed by atoms with E-state index in [4.69, 9.17) is 23.4 Å². The summed E-state index contributed by atoms with van der Waals surface area (Å²) in [6, 6.07) is 28.4. The third-order valence-electron chi connectivity index (χ3n) is 23.6. The van der Waals surface area contributed by atoms with Gasteiger partial charge in [0.2, 0.25) is 23.3 Å². The molecule has 16 rings (SSSR count). The van der Waals surface area contributed by atoms with Gasteiger partial charge in [-0.05, 0) is 137 Å². The molecule has 0 bridgehead atoms. The smallest absolute Gasteiger partial charge is 0.342 e. The highest BCUT2D eigenvalue weighted by molar-refractivity contribution is 9.10. The summed E-state index contributed by atoms with van der Waals surface area (Å²) in [7, 11) is 3.53. The third kappa shape index (κ3) is 12.4. The van der Waals surface area contributed by atoms with Gasteiger partial charge in [-0.3, -0.25) is 53.1 Å². The van der Waals surface area contributed by atoms with Crippen LogP contribution in [0.5, 0.6) is 0 Å². The van der Waals surface area contributed by atoms with E-state index in [-0.39, 0.29) is 83.3 Å². The van der Waals surface area contributed by atoms with Crippen LogP contribution >= 0.6 is 15.9 Å². The normalized spacial score (nSPS) is 29.2. The molecule has 23 heteroatoms. The molecule has 0 spiro atoms. The Bertz CT molecular complexity index is 4440. The molecule has 548 valence electrons. The molecule has 20 nitrogen and oxygen atoms in total. The second-order valence-corrected chi connectivity index (χ2v) is 31.4. The Balaban J connectivity index is 0.000000135. The minimum atomic E-state index is -2.01. The molecule has 3 amide bonds. The van der Waals surface area contributed by atoms with Gasteiger partial charge in [-0.1, -0.05) is 120 Å². The summed E-state index contributed by atoms with van der Waals surface area (Å²) in [6.07, 6.45) is 9.76. The van der Waals surface area contributed by atoms with Crippen molar-refractivity contribution in [1.82, 2.24) is 34.8 Å². The summed E-state index contributed by atoms with van der Waals surface area (Å²) >= 11 is 3.70. The number of ketones is 2. The number of carbonyl (C=O) groups is 7. The molecule has 8 heterocycles. The number of benzene rings is 4. The molecule has 1 unspecified atom stereocenters. The zero-order valence-electron chi connectivity index (χ0n) is 60.1. The van der Waals surface area contributed by atoms with Crippen molar-refractivity contribution in [2.45, 2.75) is 147 Å². The first-order valence-electron chi connectivity index (χ1n) is 36.3. The van der Waals surface area contributed by atoms with Crippen molar-refractivity contribution >= 4 is 79.7 Å². The quantitative estimate of drug-likeness (QED) is 0.0860. The van der Waals surface area contributed by atoms with Crippen molar-refractivity contribution in [2.24, 2.45) is 29.1 Å². The number of aliphatic hydroxyl groups is 1. The van der Waals surface area contributed by atoms with Gasteiger partial charge in [0.05, 0.1) is 28.6 Å². The summed E-state index contributed by atoms with van der Waals surface area (Å²) in [5.41, 5.74) is 5.87. The number of Topliss-reactive ketones (excluding diaryl/α,β-unsaturated/α-hetero) is 2. The number of fused-ring (bicyclic) bond motifs is 8. The van der Waals surface area contributed by atoms with E-state index in [1.165, 1.54) is 66.0 Å². The molecule has 10 aliphatic rings. The minimum absolute atomic E-state index is 0.00629. The Labute approximate surface area is 612 Å². The van der Waals surface area contributed by atoms with E-state index < -0.39 is 76.4 Å². The molecular weight excluding hydrogens is 1400 g/mol. The number of esters is 2. The standard InChI is InChI=1S/C32H40BrN5O5.C26H26F2N2.C23H24O8/c1-16(2)12-24-29(40)37-11-7-10-25(37)32(42)38(24)30(41)31(43-32,17(3)4)35-28(39)18-13-20-19-8-6-9-22-26(19)21(27(33)34-22)14-23(20)36(5)15-18;27-24-12-8-22(9-13-24)26(23-10-14-25(28)15-11-23)30-19-17-29(18-20-30)16-4-7-21-5-2-1-3-6-21;1-10(24)30-13-7-22(2)12(5-6-14(22)25)16-18(13)23(3)15(9-28-4)31-21(27)11-8-29-20(17(11)23)19(16)26/h6,8-9,13,16-18,23-25,34,42H,7,10-12,14-15H2,1-5H3,(H,35,39);1-15,26H,16-20H2;8,12-13,15H,5-7,9H2,1-4H3/b;7-4+;/t18-,23-,24+,25+,31-,32+;;12?,13-,15-,22+,23+/m1.1/s1. The molecule has 4 saturated heterocycles. The van der Waals surface area contributed by atoms with Gasteiger partial charge in [-0.15, -0.1) is 0 Å². The van der Waals surface area contributed by atoms with Crippen LogP contribution in [0, 0.1) is 40.7 Å². The number of nitrogens with zero attached hydrogens (tertiary/aromatic N) is 5. The number of methoxy groups -OCH3 is 1. The maximum atomic E-state index is 14.4. The molecule has 3 N–H and O–H groups in total. The fourth-order valence-corrected chi connectivity index (χ4v) is 19.0. The first kappa shape index (κ1) is 72.6. The zero-order valence-corrected chi connectivity index (χ0v) is 61.7. The van der Waals surface area contributed by atoms with E-state index >= 15 is 0 Å². The number of halogens is 3. The summed E-state index contributed by atoms with van der Waals surface area (Å²) in [4.78, 5) is 107. The first-order chi connectivity index (χ1) is 49.7. The van der Waals surface area contributed by atoms with Crippen LogP contribution in [-0.4, -0.2) is 184 Å². The Morgan fingerprint density at radius 2 is 1.57 bits per heavy atom. The van der Waals surface area contributed by atoms with Gasteiger partial charge >= 0.3 is 11.9 Å². The monoisotopic (exact) mass is 1490 g/mol. The van der Waals surface area contributed by atoms with Gasteiger partial charge in [0, 0.05) is 118 Å². The van der Waals surface area contributed by atoms with Gasteiger partial charge < -0.3 is 38.9 Å². The SMILES string of the molecule is CC(C)C[C@H]1C(=O)N2CCC[C@H]2[C@]2(O)O[C@](NC(=O)[C@@H]3C=C4c5cccc6[nH]c(Br)c(c56)C[C@H]4N(C)C3)(C(C)C)C(=O)N12.COC[C@H]1OC(=O)c2coc3c2[C@@]1(C)C1=C(C3=O)C2CCC(=O)[C@@]2(C)C[C@H]1OC(C)=O.Fc1ccc(C(c2ccc(F)cc2)N2CCN(C/C=C/c3ccccc3)CC2)cc1. The number of aromatic amines is 1. The highest BCUT2D eigenvalue weighted by Gasteiger charge is 2.72. The predicted molar refractivity (Wildman–Crippen MR) is 387 cm³/mol. The number of carbonyl (C=O) groups excluding carboxylic acids is 7. The maximum absolute atomic E-state index is 14.4. The average Bonchev–Trinajstić information content (AvgIpc) is 1.38. The lowest BCUT2D eigenvalue weighted by Gasteiger charge is -2.51. The number of amides is 3. The molecule has 2 aromatic heterocycles. The predicted octanol–water partition coefficient (Wildman–Crippen LogP) is 11.1. The molecule has 11 atom stereocenters. The van der Waals surface area contributed by atoms with Crippen molar-refractivity contribution in [3.63, 3.8) is 0 Å². The number of furan rings is 1. The molecule has 5 fully saturated rings. The van der Waals surface area contributed by atoms with Gasteiger partial charge in [0.1, 0.15) is 53.5 Å². The Morgan fingerprint density at radius 1 is 0.875 bits per heavy atom. The van der Waals surface area contributed by atoms with Crippen molar-refractivity contribution < 1.29 is 70.8 Å². The number of allylic oxidation sites excluding steroid dienone is 1. The maximum Gasteiger partial charge on any atom is 0.342 e. The Hall–Kier alpha value is -8.29. The number of nitrogens with one attached hydrogen (secondary N) is 2. The highest BCUT2D eigenvalue weighted by atomic mass is 79.9. The number of hydrogen-bond donors (Lipinski definition) is 3. The van der Waals surface area contributed by atoms with Crippen LogP contribution < -0.4 is 5.32 Å². The number of likely N-dealkylation sites (N-methyl/N-ethyl adjacent to an activating group) is 1. The molecular formula is C81H90BrF2N7O13. The van der Waals surface area contributed by atoms with Crippen LogP contribution in [0.3, 0.4) is 0 Å². The second kappa shape index (κ2) is 28.2. The van der Waals surface area contributed by atoms with E-state index in [9.17, 15) is 47.4 Å². The van der Waals surface area contributed by atoms with Crippen molar-refractivity contribution in [3.05, 3.63) is 188 Å². The lowest BCUT2D eigenvalue weighted by Crippen LogP contribution is -2.71. The number of piperazine rings is 2. The van der Waals surface area contributed by atoms with Crippen LogP contribution in [0.25, 0.3) is 22.6 Å². The fraction of sp³-hybridized carbons (Fsp3) is 0.469. The lowest BCUT2D eigenvalue weighted by atomic mass is 9.54. The second-order valence-electron chi connectivity index (χ2n) is 30.6. The van der Waals surface area contributed by atoms with Gasteiger partial charge in [0.25, 0.3) is 11.8 Å². The molecule has 104 heavy (non-hydrogen) atoms. The highest BCUT2D eigenvalue weighted by Crippen LogP contribution is 2.62. The van der Waals surface area contributed by atoms with Crippen molar-refractivity contribution in [3.8, 4) is 0 Å². The van der Waals surface area contributed by atoms with Gasteiger partial charge in [0.15, 0.2) is 5.76 Å². The summed E-state index contributed by atoms with van der Waals surface area (Å²) < 4.78 is 56.8. The summed E-state index contributed by atoms with van der Waals surface area (Å²) in [5, 5.41) is 16.3. The number of ether oxygens (including phenoxy) is 4. The van der Waals surface area contributed by atoms with Crippen LogP contribution in [0.1, 0.15) is 147 Å². The average molecular weight is 1490 g/mol. The third-order valence-corrected chi connectivity index (χ3v) is 24.2. The topological polar surface area (TPSA) is 234 Å². The Morgan fingerprint density at radius 3 is 2.22 bits per heavy atom. The number of rotatable bonds is 14.